The number of nitrogens with one attached hydrogen (secondary N) is 2. The zero-order chi connectivity index (χ0) is 29.0. The molecule has 3 amide bonds. The molecule has 0 aliphatic carbocycles. The van der Waals surface area contributed by atoms with Gasteiger partial charge in [0, 0.05) is 36.7 Å². The van der Waals surface area contributed by atoms with E-state index in [-0.39, 0.29) is 36.8 Å². The van der Waals surface area contributed by atoms with Crippen LogP contribution in [0, 0.1) is 11.8 Å². The third-order valence-electron chi connectivity index (χ3n) is 8.67. The highest BCUT2D eigenvalue weighted by atomic mass is 16.3. The molecule has 4 atom stereocenters. The van der Waals surface area contributed by atoms with Crippen LogP contribution in [0.15, 0.2) is 60.7 Å². The SMILES string of the molecule is C[C@H](/C=C/CC(=O)N1CCC[C@H]1CO)[C@@]1(O)C(=O)N(Cc2ccccc2)c2ccc(NC(=O)C3CCCNC3)cc21. The van der Waals surface area contributed by atoms with Crippen LogP contribution in [0.5, 0.6) is 0 Å². The normalized spacial score (nSPS) is 25.0. The standard InChI is InChI=1S/C32H40N4O5/c1-22(8-5-13-29(38)35-17-7-12-26(35)21-37)32(41)27-18-25(34-30(39)24-11-6-16-33-19-24)14-15-28(27)36(31(32)40)20-23-9-3-2-4-10-23/h2-5,8-10,14-15,18,22,24,26,33,37,41H,6-7,11-13,16-17,19-21H2,1H3,(H,34,39)/b8-5+/t22-,24?,26+,32+/m1/s1. The number of benzene rings is 2. The molecule has 0 saturated carbocycles. The molecule has 5 rings (SSSR count). The minimum Gasteiger partial charge on any atom is -0.394 e. The van der Waals surface area contributed by atoms with Gasteiger partial charge in [0.2, 0.25) is 11.8 Å². The van der Waals surface area contributed by atoms with Gasteiger partial charge in [-0.25, -0.2) is 0 Å². The molecule has 2 fully saturated rings. The molecule has 2 saturated heterocycles. The molecule has 9 nitrogen and oxygen atoms in total. The van der Waals surface area contributed by atoms with Crippen molar-refractivity contribution >= 4 is 29.1 Å². The van der Waals surface area contributed by atoms with Gasteiger partial charge >= 0.3 is 0 Å². The van der Waals surface area contributed by atoms with Gasteiger partial charge in [0.15, 0.2) is 5.60 Å². The first-order valence-electron chi connectivity index (χ1n) is 14.6. The first kappa shape index (κ1) is 29.0. The number of nitrogens with zero attached hydrogens (tertiary/aromatic N) is 2. The number of rotatable bonds is 9. The maximum absolute atomic E-state index is 13.9. The minimum absolute atomic E-state index is 0.0513. The third kappa shape index (κ3) is 5.93. The fraction of sp³-hybridized carbons (Fsp3) is 0.469. The molecule has 3 heterocycles. The van der Waals surface area contributed by atoms with Gasteiger partial charge in [0.05, 0.1) is 30.8 Å². The molecule has 2 aromatic rings. The molecule has 0 aromatic heterocycles. The number of carbonyl (C=O) groups excluding carboxylic acids is 3. The highest BCUT2D eigenvalue weighted by molar-refractivity contribution is 6.08. The van der Waals surface area contributed by atoms with Crippen molar-refractivity contribution in [3.05, 3.63) is 71.8 Å². The van der Waals surface area contributed by atoms with E-state index < -0.39 is 17.4 Å². The van der Waals surface area contributed by atoms with Crippen LogP contribution in [0.3, 0.4) is 0 Å². The number of hydrogen-bond donors (Lipinski definition) is 4. The highest BCUT2D eigenvalue weighted by Crippen LogP contribution is 2.47. The van der Waals surface area contributed by atoms with Crippen LogP contribution in [-0.4, -0.2) is 65.1 Å². The predicted octanol–water partition coefficient (Wildman–Crippen LogP) is 2.92. The number of likely N-dealkylation sites (tertiary alicyclic amines) is 1. The predicted molar refractivity (Wildman–Crippen MR) is 157 cm³/mol. The molecule has 9 heteroatoms. The van der Waals surface area contributed by atoms with Gasteiger partial charge in [0.25, 0.3) is 5.91 Å². The Balaban J connectivity index is 1.40. The van der Waals surface area contributed by atoms with E-state index in [1.165, 1.54) is 0 Å². The van der Waals surface area contributed by atoms with E-state index in [1.807, 2.05) is 30.3 Å². The van der Waals surface area contributed by atoms with Gasteiger partial charge in [-0.15, -0.1) is 0 Å². The number of fused-ring (bicyclic) bond motifs is 1. The van der Waals surface area contributed by atoms with Gasteiger partial charge in [-0.1, -0.05) is 49.4 Å². The number of carbonyl (C=O) groups is 3. The summed E-state index contributed by atoms with van der Waals surface area (Å²) in [5.74, 6) is -1.39. The second-order valence-corrected chi connectivity index (χ2v) is 11.4. The van der Waals surface area contributed by atoms with Crippen molar-refractivity contribution in [3.8, 4) is 0 Å². The molecular formula is C32H40N4O5. The molecule has 1 unspecified atom stereocenters. The Labute approximate surface area is 241 Å². The van der Waals surface area contributed by atoms with Crippen LogP contribution in [-0.2, 0) is 26.5 Å². The van der Waals surface area contributed by atoms with E-state index in [2.05, 4.69) is 10.6 Å². The summed E-state index contributed by atoms with van der Waals surface area (Å²) in [5, 5.41) is 27.9. The van der Waals surface area contributed by atoms with E-state index in [0.717, 1.165) is 37.8 Å². The van der Waals surface area contributed by atoms with Crippen LogP contribution in [0.1, 0.15) is 50.2 Å². The average molecular weight is 561 g/mol. The van der Waals surface area contributed by atoms with Gasteiger partial charge in [0.1, 0.15) is 0 Å². The summed E-state index contributed by atoms with van der Waals surface area (Å²) in [5.41, 5.74) is 0.607. The molecule has 3 aliphatic rings. The molecule has 0 bridgehead atoms. The van der Waals surface area contributed by atoms with Crippen molar-refractivity contribution in [1.29, 1.82) is 0 Å². The molecular weight excluding hydrogens is 520 g/mol. The van der Waals surface area contributed by atoms with E-state index >= 15 is 0 Å². The lowest BCUT2D eigenvalue weighted by Gasteiger charge is -2.28. The average Bonchev–Trinajstić information content (AvgIpc) is 3.56. The summed E-state index contributed by atoms with van der Waals surface area (Å²) in [4.78, 5) is 43.0. The van der Waals surface area contributed by atoms with E-state index in [9.17, 15) is 24.6 Å². The summed E-state index contributed by atoms with van der Waals surface area (Å²) >= 11 is 0. The second kappa shape index (κ2) is 12.5. The van der Waals surface area contributed by atoms with Crippen LogP contribution in [0.4, 0.5) is 11.4 Å². The zero-order valence-corrected chi connectivity index (χ0v) is 23.6. The first-order chi connectivity index (χ1) is 19.8. The molecule has 41 heavy (non-hydrogen) atoms. The quantitative estimate of drug-likeness (QED) is 0.350. The summed E-state index contributed by atoms with van der Waals surface area (Å²) < 4.78 is 0. The number of piperidine rings is 1. The Bertz CT molecular complexity index is 1290. The second-order valence-electron chi connectivity index (χ2n) is 11.4. The Morgan fingerprint density at radius 1 is 1.17 bits per heavy atom. The summed E-state index contributed by atoms with van der Waals surface area (Å²) in [6.07, 6.45) is 6.96. The third-order valence-corrected chi connectivity index (χ3v) is 8.67. The van der Waals surface area contributed by atoms with Crippen molar-refractivity contribution < 1.29 is 24.6 Å². The molecule has 0 spiro atoms. The van der Waals surface area contributed by atoms with Crippen molar-refractivity contribution in [3.63, 3.8) is 0 Å². The Morgan fingerprint density at radius 3 is 2.71 bits per heavy atom. The lowest BCUT2D eigenvalue weighted by molar-refractivity contribution is -0.139. The number of aliphatic hydroxyl groups excluding tert-OH is 1. The minimum atomic E-state index is -1.88. The maximum Gasteiger partial charge on any atom is 0.264 e. The van der Waals surface area contributed by atoms with Crippen molar-refractivity contribution in [2.45, 2.75) is 57.2 Å². The maximum atomic E-state index is 13.9. The fourth-order valence-corrected chi connectivity index (χ4v) is 6.25. The zero-order valence-electron chi connectivity index (χ0n) is 23.6. The van der Waals surface area contributed by atoms with Gasteiger partial charge in [-0.3, -0.25) is 14.4 Å². The van der Waals surface area contributed by atoms with Crippen LogP contribution < -0.4 is 15.5 Å². The molecule has 0 radical (unpaired) electrons. The van der Waals surface area contributed by atoms with E-state index in [4.69, 9.17) is 0 Å². The summed E-state index contributed by atoms with van der Waals surface area (Å²) in [7, 11) is 0. The van der Waals surface area contributed by atoms with Crippen molar-refractivity contribution in [2.24, 2.45) is 11.8 Å². The van der Waals surface area contributed by atoms with Gasteiger partial charge in [-0.05, 0) is 56.0 Å². The molecule has 2 aromatic carbocycles. The number of anilines is 2. The largest absolute Gasteiger partial charge is 0.394 e. The summed E-state index contributed by atoms with van der Waals surface area (Å²) in [6.45, 7) is 4.17. The van der Waals surface area contributed by atoms with Gasteiger partial charge < -0.3 is 30.6 Å². The fourth-order valence-electron chi connectivity index (χ4n) is 6.25. The number of amides is 3. The Morgan fingerprint density at radius 2 is 1.98 bits per heavy atom. The first-order valence-corrected chi connectivity index (χ1v) is 14.6. The van der Waals surface area contributed by atoms with Crippen molar-refractivity contribution in [1.82, 2.24) is 10.2 Å². The van der Waals surface area contributed by atoms with Gasteiger partial charge in [-0.2, -0.15) is 0 Å². The monoisotopic (exact) mass is 560 g/mol. The smallest absolute Gasteiger partial charge is 0.264 e. The Kier molecular flexibility index (Phi) is 8.87. The van der Waals surface area contributed by atoms with E-state index in [0.29, 0.717) is 36.6 Å². The van der Waals surface area contributed by atoms with Crippen LogP contribution >= 0.6 is 0 Å². The van der Waals surface area contributed by atoms with Crippen LogP contribution in [0.25, 0.3) is 0 Å². The van der Waals surface area contributed by atoms with Crippen LogP contribution in [0.2, 0.25) is 0 Å². The lowest BCUT2D eigenvalue weighted by Crippen LogP contribution is -2.44. The van der Waals surface area contributed by atoms with E-state index in [1.54, 1.807) is 47.1 Å². The molecule has 3 aliphatic heterocycles. The lowest BCUT2D eigenvalue weighted by atomic mass is 9.82. The van der Waals surface area contributed by atoms with Crippen molar-refractivity contribution in [2.75, 3.05) is 36.5 Å². The highest BCUT2D eigenvalue weighted by Gasteiger charge is 2.52. The molecule has 218 valence electrons. The Hall–Kier alpha value is -3.53. The summed E-state index contributed by atoms with van der Waals surface area (Å²) in [6, 6.07) is 14.7. The topological polar surface area (TPSA) is 122 Å². The number of aliphatic hydroxyl groups is 2. The molecule has 4 N–H and O–H groups in total. The number of hydrogen-bond acceptors (Lipinski definition) is 6.